The molecule has 0 fully saturated rings. The summed E-state index contributed by atoms with van der Waals surface area (Å²) in [6, 6.07) is 4.71. The van der Waals surface area contributed by atoms with Gasteiger partial charge in [0.25, 0.3) is 0 Å². The monoisotopic (exact) mass is 261 g/mol. The Balaban J connectivity index is 2.22. The first-order valence-electron chi connectivity index (χ1n) is 5.99. The Kier molecular flexibility index (Phi) is 4.26. The zero-order valence-corrected chi connectivity index (χ0v) is 10.6. The molecule has 0 spiro atoms. The number of terminal acetylenes is 1. The zero-order chi connectivity index (χ0) is 13.7. The third kappa shape index (κ3) is 2.98. The van der Waals surface area contributed by atoms with Crippen LogP contribution in [-0.4, -0.2) is 25.9 Å². The van der Waals surface area contributed by atoms with Crippen LogP contribution in [0.1, 0.15) is 18.5 Å². The van der Waals surface area contributed by atoms with Crippen molar-refractivity contribution in [1.82, 2.24) is 5.32 Å². The van der Waals surface area contributed by atoms with Crippen LogP contribution in [0.3, 0.4) is 0 Å². The van der Waals surface area contributed by atoms with Crippen molar-refractivity contribution in [3.63, 3.8) is 0 Å². The number of hydrogen-bond acceptors (Lipinski definition) is 5. The Labute approximate surface area is 111 Å². The molecule has 0 radical (unpaired) electrons. The van der Waals surface area contributed by atoms with Gasteiger partial charge in [0.05, 0.1) is 13.2 Å². The number of ether oxygens (including phenoxy) is 3. The fraction of sp³-hybridized carbons (Fsp3) is 0.357. The number of esters is 1. The molecule has 0 saturated heterocycles. The molecule has 0 aliphatic carbocycles. The summed E-state index contributed by atoms with van der Waals surface area (Å²) in [5.74, 6) is 3.37. The summed E-state index contributed by atoms with van der Waals surface area (Å²) >= 11 is 0. The van der Waals surface area contributed by atoms with Gasteiger partial charge in [-0.05, 0) is 24.6 Å². The van der Waals surface area contributed by atoms with Crippen LogP contribution < -0.4 is 14.8 Å². The van der Waals surface area contributed by atoms with Gasteiger partial charge in [0, 0.05) is 0 Å². The molecular weight excluding hydrogens is 246 g/mol. The minimum atomic E-state index is -0.606. The highest BCUT2D eigenvalue weighted by Gasteiger charge is 2.24. The molecule has 0 bridgehead atoms. The molecule has 1 aromatic rings. The van der Waals surface area contributed by atoms with Crippen molar-refractivity contribution >= 4 is 5.97 Å². The zero-order valence-electron chi connectivity index (χ0n) is 10.6. The Morgan fingerprint density at radius 3 is 3.05 bits per heavy atom. The van der Waals surface area contributed by atoms with E-state index < -0.39 is 6.04 Å². The predicted molar refractivity (Wildman–Crippen MR) is 68.8 cm³/mol. The molecule has 1 N–H and O–H groups in total. The molecular formula is C14H15NO4. The summed E-state index contributed by atoms with van der Waals surface area (Å²) in [5.41, 5.74) is 0.734. The third-order valence-electron chi connectivity index (χ3n) is 2.66. The summed E-state index contributed by atoms with van der Waals surface area (Å²) in [7, 11) is 0. The molecule has 0 amide bonds. The lowest BCUT2D eigenvalue weighted by Crippen LogP contribution is -2.30. The summed E-state index contributed by atoms with van der Waals surface area (Å²) in [4.78, 5) is 11.9. The largest absolute Gasteiger partial charge is 0.465 e. The van der Waals surface area contributed by atoms with Gasteiger partial charge in [0.15, 0.2) is 11.5 Å². The number of benzene rings is 1. The molecule has 2 rings (SSSR count). The number of rotatable bonds is 5. The van der Waals surface area contributed by atoms with Gasteiger partial charge < -0.3 is 14.2 Å². The van der Waals surface area contributed by atoms with Gasteiger partial charge in [-0.2, -0.15) is 0 Å². The molecule has 0 aromatic heterocycles. The topological polar surface area (TPSA) is 56.8 Å². The van der Waals surface area contributed by atoms with E-state index in [1.54, 1.807) is 25.1 Å². The first-order valence-corrected chi connectivity index (χ1v) is 5.99. The van der Waals surface area contributed by atoms with Gasteiger partial charge in [-0.15, -0.1) is 6.42 Å². The first-order chi connectivity index (χ1) is 9.26. The van der Waals surface area contributed by atoms with Crippen LogP contribution in [0, 0.1) is 12.3 Å². The van der Waals surface area contributed by atoms with Crippen LogP contribution in [0.5, 0.6) is 11.5 Å². The van der Waals surface area contributed by atoms with Gasteiger partial charge in [-0.3, -0.25) is 5.32 Å². The molecule has 5 heteroatoms. The first kappa shape index (κ1) is 13.2. The van der Waals surface area contributed by atoms with E-state index in [0.717, 1.165) is 5.56 Å². The lowest BCUT2D eigenvalue weighted by Gasteiger charge is -2.16. The normalized spacial score (nSPS) is 13.7. The quantitative estimate of drug-likeness (QED) is 0.638. The van der Waals surface area contributed by atoms with Crippen LogP contribution in [-0.2, 0) is 9.53 Å². The summed E-state index contributed by atoms with van der Waals surface area (Å²) < 4.78 is 15.6. The second-order valence-electron chi connectivity index (χ2n) is 3.88. The summed E-state index contributed by atoms with van der Waals surface area (Å²) in [6.07, 6.45) is 5.21. The van der Waals surface area contributed by atoms with Gasteiger partial charge in [-0.25, -0.2) is 4.79 Å². The van der Waals surface area contributed by atoms with Gasteiger partial charge in [0.1, 0.15) is 6.04 Å². The maximum Gasteiger partial charge on any atom is 0.327 e. The number of fused-ring (bicyclic) bond motifs is 1. The van der Waals surface area contributed by atoms with Crippen molar-refractivity contribution < 1.29 is 19.0 Å². The smallest absolute Gasteiger partial charge is 0.327 e. The maximum atomic E-state index is 11.9. The highest BCUT2D eigenvalue weighted by atomic mass is 16.7. The summed E-state index contributed by atoms with van der Waals surface area (Å²) in [5, 5.41) is 2.95. The summed E-state index contributed by atoms with van der Waals surface area (Å²) in [6.45, 7) is 2.55. The van der Waals surface area contributed by atoms with Crippen LogP contribution in [0.2, 0.25) is 0 Å². The van der Waals surface area contributed by atoms with Crippen LogP contribution in [0.15, 0.2) is 18.2 Å². The van der Waals surface area contributed by atoms with Gasteiger partial charge in [-0.1, -0.05) is 12.0 Å². The minimum absolute atomic E-state index is 0.195. The number of carbonyl (C=O) groups is 1. The fourth-order valence-electron chi connectivity index (χ4n) is 1.82. The second kappa shape index (κ2) is 6.12. The molecule has 1 aliphatic rings. The second-order valence-corrected chi connectivity index (χ2v) is 3.88. The van der Waals surface area contributed by atoms with E-state index in [2.05, 4.69) is 11.2 Å². The highest BCUT2D eigenvalue weighted by molar-refractivity contribution is 5.78. The van der Waals surface area contributed by atoms with E-state index in [4.69, 9.17) is 20.6 Å². The average Bonchev–Trinajstić information content (AvgIpc) is 2.87. The SMILES string of the molecule is C#CCNC(C(=O)OCC)c1ccc2c(c1)OCO2. The number of nitrogens with one attached hydrogen (secondary N) is 1. The standard InChI is InChI=1S/C14H15NO4/c1-3-7-15-13(14(16)17-4-2)10-5-6-11-12(8-10)19-9-18-11/h1,5-6,8,13,15H,4,7,9H2,2H3. The Bertz CT molecular complexity index is 507. The Morgan fingerprint density at radius 2 is 2.32 bits per heavy atom. The van der Waals surface area contributed by atoms with Crippen molar-refractivity contribution in [3.05, 3.63) is 23.8 Å². The van der Waals surface area contributed by atoms with E-state index in [1.807, 2.05) is 0 Å². The highest BCUT2D eigenvalue weighted by Crippen LogP contribution is 2.34. The lowest BCUT2D eigenvalue weighted by molar-refractivity contribution is -0.145. The molecule has 100 valence electrons. The molecule has 0 saturated carbocycles. The molecule has 1 unspecified atom stereocenters. The van der Waals surface area contributed by atoms with Crippen molar-refractivity contribution in [2.75, 3.05) is 19.9 Å². The van der Waals surface area contributed by atoms with E-state index in [1.165, 1.54) is 0 Å². The molecule has 1 aliphatic heterocycles. The molecule has 19 heavy (non-hydrogen) atoms. The van der Waals surface area contributed by atoms with E-state index in [9.17, 15) is 4.79 Å². The maximum absolute atomic E-state index is 11.9. The van der Waals surface area contributed by atoms with Gasteiger partial charge >= 0.3 is 5.97 Å². The Morgan fingerprint density at radius 1 is 1.53 bits per heavy atom. The van der Waals surface area contributed by atoms with Crippen LogP contribution in [0.4, 0.5) is 0 Å². The molecule has 5 nitrogen and oxygen atoms in total. The van der Waals surface area contributed by atoms with Gasteiger partial charge in [0.2, 0.25) is 6.79 Å². The minimum Gasteiger partial charge on any atom is -0.465 e. The van der Waals surface area contributed by atoms with Crippen molar-refractivity contribution in [3.8, 4) is 23.8 Å². The number of carbonyl (C=O) groups excluding carboxylic acids is 1. The van der Waals surface area contributed by atoms with E-state index >= 15 is 0 Å². The lowest BCUT2D eigenvalue weighted by atomic mass is 10.1. The number of hydrogen-bond donors (Lipinski definition) is 1. The Hall–Kier alpha value is -2.19. The molecule has 1 atom stereocenters. The van der Waals surface area contributed by atoms with Crippen LogP contribution >= 0.6 is 0 Å². The van der Waals surface area contributed by atoms with Crippen LogP contribution in [0.25, 0.3) is 0 Å². The molecule has 1 aromatic carbocycles. The average molecular weight is 261 g/mol. The van der Waals surface area contributed by atoms with E-state index in [0.29, 0.717) is 18.1 Å². The predicted octanol–water partition coefficient (Wildman–Crippen LogP) is 1.24. The van der Waals surface area contributed by atoms with Crippen molar-refractivity contribution in [1.29, 1.82) is 0 Å². The van der Waals surface area contributed by atoms with Crippen molar-refractivity contribution in [2.45, 2.75) is 13.0 Å². The van der Waals surface area contributed by atoms with Crippen molar-refractivity contribution in [2.24, 2.45) is 0 Å². The van der Waals surface area contributed by atoms with E-state index in [-0.39, 0.29) is 19.3 Å². The third-order valence-corrected chi connectivity index (χ3v) is 2.66. The molecule has 1 heterocycles. The fourth-order valence-corrected chi connectivity index (χ4v) is 1.82.